The van der Waals surface area contributed by atoms with Crippen LogP contribution in [-0.4, -0.2) is 19.0 Å². The van der Waals surface area contributed by atoms with Crippen molar-refractivity contribution in [2.24, 2.45) is 4.99 Å². The van der Waals surface area contributed by atoms with Gasteiger partial charge in [0.25, 0.3) is 0 Å². The Morgan fingerprint density at radius 3 is 2.77 bits per heavy atom. The van der Waals surface area contributed by atoms with Gasteiger partial charge in [-0.3, -0.25) is 0 Å². The first-order valence-corrected chi connectivity index (χ1v) is 7.67. The highest BCUT2D eigenvalue weighted by Crippen LogP contribution is 2.23. The fourth-order valence-electron chi connectivity index (χ4n) is 2.05. The zero-order valence-electron chi connectivity index (χ0n) is 11.7. The lowest BCUT2D eigenvalue weighted by molar-refractivity contribution is -0.129. The average molecular weight is 405 g/mol. The number of esters is 1. The molecule has 0 saturated carbocycles. The Labute approximate surface area is 141 Å². The third kappa shape index (κ3) is 3.04. The van der Waals surface area contributed by atoms with Crippen LogP contribution in [0.5, 0.6) is 5.75 Å². The van der Waals surface area contributed by atoms with Crippen molar-refractivity contribution in [1.82, 2.24) is 0 Å². The van der Waals surface area contributed by atoms with Crippen LogP contribution in [0.1, 0.15) is 11.1 Å². The van der Waals surface area contributed by atoms with Crippen LogP contribution in [0.2, 0.25) is 0 Å². The van der Waals surface area contributed by atoms with E-state index >= 15 is 0 Å². The minimum absolute atomic E-state index is 0.280. The van der Waals surface area contributed by atoms with Crippen molar-refractivity contribution in [2.75, 3.05) is 7.11 Å². The van der Waals surface area contributed by atoms with E-state index in [2.05, 4.69) is 27.6 Å². The number of aliphatic imine (C=N–C) groups is 1. The van der Waals surface area contributed by atoms with Crippen LogP contribution >= 0.6 is 22.6 Å². The summed E-state index contributed by atoms with van der Waals surface area (Å²) < 4.78 is 11.4. The number of benzene rings is 2. The van der Waals surface area contributed by atoms with Crippen molar-refractivity contribution < 1.29 is 14.3 Å². The fraction of sp³-hybridized carbons (Fsp3) is 0.0588. The van der Waals surface area contributed by atoms with Gasteiger partial charge in [-0.2, -0.15) is 0 Å². The average Bonchev–Trinajstić information content (AvgIpc) is 2.89. The van der Waals surface area contributed by atoms with Crippen LogP contribution in [0.4, 0.5) is 0 Å². The highest BCUT2D eigenvalue weighted by molar-refractivity contribution is 14.1. The number of cyclic esters (lactones) is 1. The molecule has 0 atom stereocenters. The molecule has 110 valence electrons. The molecule has 1 heterocycles. The van der Waals surface area contributed by atoms with Gasteiger partial charge in [0.15, 0.2) is 5.70 Å². The van der Waals surface area contributed by atoms with Gasteiger partial charge in [-0.1, -0.05) is 24.3 Å². The second kappa shape index (κ2) is 6.31. The van der Waals surface area contributed by atoms with Gasteiger partial charge in [-0.05, 0) is 58.5 Å². The van der Waals surface area contributed by atoms with Crippen LogP contribution in [0.3, 0.4) is 0 Å². The molecule has 5 heteroatoms. The monoisotopic (exact) mass is 405 g/mol. The Bertz CT molecular complexity index is 796. The number of halogens is 1. The summed E-state index contributed by atoms with van der Waals surface area (Å²) in [6.45, 7) is 0. The number of hydrogen-bond acceptors (Lipinski definition) is 4. The van der Waals surface area contributed by atoms with Crippen LogP contribution in [0, 0.1) is 3.57 Å². The molecule has 0 spiro atoms. The SMILES string of the molecule is COc1cccc(/C=C2\N=C(c3ccccc3I)OC2=O)c1. The van der Waals surface area contributed by atoms with E-state index in [0.29, 0.717) is 5.90 Å². The summed E-state index contributed by atoms with van der Waals surface area (Å²) in [5.41, 5.74) is 1.92. The van der Waals surface area contributed by atoms with E-state index in [1.807, 2.05) is 48.5 Å². The number of nitrogens with zero attached hydrogens (tertiary/aromatic N) is 1. The van der Waals surface area contributed by atoms with Gasteiger partial charge in [0.1, 0.15) is 5.75 Å². The summed E-state index contributed by atoms with van der Waals surface area (Å²) >= 11 is 2.19. The summed E-state index contributed by atoms with van der Waals surface area (Å²) in [6, 6.07) is 15.0. The zero-order chi connectivity index (χ0) is 15.5. The summed E-state index contributed by atoms with van der Waals surface area (Å²) in [6.07, 6.45) is 1.69. The van der Waals surface area contributed by atoms with Gasteiger partial charge in [0, 0.05) is 3.57 Å². The number of carbonyl (C=O) groups excluding carboxylic acids is 1. The van der Waals surface area contributed by atoms with E-state index in [-0.39, 0.29) is 5.70 Å². The summed E-state index contributed by atoms with van der Waals surface area (Å²) in [4.78, 5) is 16.3. The van der Waals surface area contributed by atoms with E-state index in [4.69, 9.17) is 9.47 Å². The van der Waals surface area contributed by atoms with Gasteiger partial charge in [-0.15, -0.1) is 0 Å². The molecule has 0 aliphatic carbocycles. The molecular formula is C17H12INO3. The topological polar surface area (TPSA) is 47.9 Å². The van der Waals surface area contributed by atoms with E-state index < -0.39 is 5.97 Å². The number of methoxy groups -OCH3 is 1. The highest BCUT2D eigenvalue weighted by atomic mass is 127. The molecule has 0 unspecified atom stereocenters. The summed E-state index contributed by atoms with van der Waals surface area (Å²) in [7, 11) is 1.60. The number of hydrogen-bond donors (Lipinski definition) is 0. The molecule has 0 bridgehead atoms. The first-order chi connectivity index (χ1) is 10.7. The minimum Gasteiger partial charge on any atom is -0.497 e. The Morgan fingerprint density at radius 1 is 1.18 bits per heavy atom. The maximum absolute atomic E-state index is 12.0. The van der Waals surface area contributed by atoms with Gasteiger partial charge in [-0.25, -0.2) is 9.79 Å². The number of rotatable bonds is 3. The Morgan fingerprint density at radius 2 is 2.00 bits per heavy atom. The van der Waals surface area contributed by atoms with Gasteiger partial charge in [0.2, 0.25) is 5.90 Å². The van der Waals surface area contributed by atoms with Crippen molar-refractivity contribution in [1.29, 1.82) is 0 Å². The van der Waals surface area contributed by atoms with Crippen LogP contribution < -0.4 is 4.74 Å². The van der Waals surface area contributed by atoms with Crippen LogP contribution in [0.15, 0.2) is 59.2 Å². The molecule has 0 saturated heterocycles. The van der Waals surface area contributed by atoms with Crippen LogP contribution in [-0.2, 0) is 9.53 Å². The van der Waals surface area contributed by atoms with Crippen molar-refractivity contribution in [2.45, 2.75) is 0 Å². The molecule has 0 amide bonds. The standard InChI is InChI=1S/C17H12INO3/c1-21-12-6-4-5-11(9-12)10-15-17(20)22-16(19-15)13-7-2-3-8-14(13)18/h2-10H,1H3/b15-10-. The van der Waals surface area contributed by atoms with E-state index in [1.54, 1.807) is 13.2 Å². The molecule has 2 aromatic rings. The van der Waals surface area contributed by atoms with E-state index in [0.717, 1.165) is 20.4 Å². The molecule has 0 radical (unpaired) electrons. The summed E-state index contributed by atoms with van der Waals surface area (Å²) in [5.74, 6) is 0.615. The minimum atomic E-state index is -0.447. The Hall–Kier alpha value is -2.15. The first kappa shape index (κ1) is 14.8. The van der Waals surface area contributed by atoms with Gasteiger partial charge < -0.3 is 9.47 Å². The molecule has 1 aliphatic rings. The van der Waals surface area contributed by atoms with E-state index in [9.17, 15) is 4.79 Å². The fourth-order valence-corrected chi connectivity index (χ4v) is 2.67. The molecule has 0 aromatic heterocycles. The number of carbonyl (C=O) groups is 1. The van der Waals surface area contributed by atoms with Crippen molar-refractivity contribution in [3.8, 4) is 5.75 Å². The second-order valence-corrected chi connectivity index (χ2v) is 5.75. The molecule has 3 rings (SSSR count). The molecule has 22 heavy (non-hydrogen) atoms. The predicted molar refractivity (Wildman–Crippen MR) is 92.8 cm³/mol. The van der Waals surface area contributed by atoms with Crippen molar-refractivity contribution >= 4 is 40.5 Å². The first-order valence-electron chi connectivity index (χ1n) is 6.59. The van der Waals surface area contributed by atoms with Gasteiger partial charge >= 0.3 is 5.97 Å². The molecular weight excluding hydrogens is 393 g/mol. The highest BCUT2D eigenvalue weighted by Gasteiger charge is 2.25. The predicted octanol–water partition coefficient (Wildman–Crippen LogP) is 3.64. The Kier molecular flexibility index (Phi) is 4.24. The van der Waals surface area contributed by atoms with E-state index in [1.165, 1.54) is 0 Å². The van der Waals surface area contributed by atoms with Gasteiger partial charge in [0.05, 0.1) is 12.7 Å². The molecule has 0 N–H and O–H groups in total. The molecule has 2 aromatic carbocycles. The molecule has 0 fully saturated rings. The number of ether oxygens (including phenoxy) is 2. The Balaban J connectivity index is 1.96. The normalized spacial score (nSPS) is 15.6. The lowest BCUT2D eigenvalue weighted by atomic mass is 10.2. The molecule has 1 aliphatic heterocycles. The van der Waals surface area contributed by atoms with Crippen molar-refractivity contribution in [3.63, 3.8) is 0 Å². The smallest absolute Gasteiger partial charge is 0.363 e. The molecule has 4 nitrogen and oxygen atoms in total. The lowest BCUT2D eigenvalue weighted by Crippen LogP contribution is -2.06. The maximum atomic E-state index is 12.0. The van der Waals surface area contributed by atoms with Crippen LogP contribution in [0.25, 0.3) is 6.08 Å². The van der Waals surface area contributed by atoms with Crippen molar-refractivity contribution in [3.05, 3.63) is 68.9 Å². The zero-order valence-corrected chi connectivity index (χ0v) is 13.9. The largest absolute Gasteiger partial charge is 0.497 e. The summed E-state index contributed by atoms with van der Waals surface area (Å²) in [5, 5.41) is 0. The second-order valence-electron chi connectivity index (χ2n) is 4.59. The maximum Gasteiger partial charge on any atom is 0.363 e. The lowest BCUT2D eigenvalue weighted by Gasteiger charge is -2.01. The quantitative estimate of drug-likeness (QED) is 0.445. The third-order valence-corrected chi connectivity index (χ3v) is 4.06. The third-order valence-electron chi connectivity index (χ3n) is 3.12.